The minimum absolute atomic E-state index is 0.122. The van der Waals surface area contributed by atoms with Crippen LogP contribution in [0.5, 0.6) is 11.5 Å². The van der Waals surface area contributed by atoms with Crippen LogP contribution in [0.1, 0.15) is 10.4 Å². The summed E-state index contributed by atoms with van der Waals surface area (Å²) in [5.41, 5.74) is 4.96. The Bertz CT molecular complexity index is 1430. The Kier molecular flexibility index (Phi) is 8.58. The molecule has 0 bridgehead atoms. The van der Waals surface area contributed by atoms with Gasteiger partial charge in [0.2, 0.25) is 5.91 Å². The number of ether oxygens (including phenoxy) is 2. The van der Waals surface area contributed by atoms with Crippen LogP contribution in [0, 0.1) is 13.8 Å². The predicted octanol–water partition coefficient (Wildman–Crippen LogP) is 6.88. The van der Waals surface area contributed by atoms with Crippen LogP contribution < -0.4 is 14.8 Å². The fourth-order valence-electron chi connectivity index (χ4n) is 3.86. The molecule has 0 aliphatic rings. The van der Waals surface area contributed by atoms with Gasteiger partial charge in [0.15, 0.2) is 11.0 Å². The van der Waals surface area contributed by atoms with Gasteiger partial charge in [-0.25, -0.2) is 0 Å². The van der Waals surface area contributed by atoms with E-state index in [-0.39, 0.29) is 11.7 Å². The number of methoxy groups -OCH3 is 2. The fourth-order valence-corrected chi connectivity index (χ4v) is 5.70. The molecule has 0 aliphatic carbocycles. The quantitative estimate of drug-likeness (QED) is 0.170. The number of amides is 1. The van der Waals surface area contributed by atoms with E-state index in [2.05, 4.69) is 65.6 Å². The summed E-state index contributed by atoms with van der Waals surface area (Å²) < 4.78 is 12.6. The molecular weight excluding hydrogens is 528 g/mol. The maximum Gasteiger partial charge on any atom is 0.234 e. The molecule has 10 heteroatoms. The number of carbonyl (C=O) groups is 1. The van der Waals surface area contributed by atoms with Gasteiger partial charge in [0, 0.05) is 40.1 Å². The summed E-state index contributed by atoms with van der Waals surface area (Å²) in [6.07, 6.45) is 1.80. The van der Waals surface area contributed by atoms with Crippen LogP contribution in [0.15, 0.2) is 59.6 Å². The minimum Gasteiger partial charge on any atom is -0.495 e. The molecule has 0 aliphatic heterocycles. The molecule has 4 rings (SSSR count). The number of hydrogen-bond acceptors (Lipinski definition) is 7. The van der Waals surface area contributed by atoms with Crippen molar-refractivity contribution in [2.24, 2.45) is 0 Å². The first-order valence-corrected chi connectivity index (χ1v) is 13.6. The van der Waals surface area contributed by atoms with E-state index >= 15 is 0 Å². The van der Waals surface area contributed by atoms with E-state index in [0.29, 0.717) is 33.9 Å². The number of nitrogens with zero attached hydrogens (tertiary/aromatic N) is 3. The maximum absolute atomic E-state index is 12.8. The molecule has 0 saturated carbocycles. The van der Waals surface area contributed by atoms with Gasteiger partial charge in [-0.05, 0) is 19.4 Å². The lowest BCUT2D eigenvalue weighted by molar-refractivity contribution is -0.113. The van der Waals surface area contributed by atoms with Gasteiger partial charge in [0.05, 0.1) is 30.7 Å². The molecule has 0 atom stereocenters. The van der Waals surface area contributed by atoms with E-state index in [1.54, 1.807) is 29.5 Å². The van der Waals surface area contributed by atoms with E-state index in [1.165, 1.54) is 36.4 Å². The number of hydrogen-bond donors (Lipinski definition) is 1. The lowest BCUT2D eigenvalue weighted by Crippen LogP contribution is -2.15. The maximum atomic E-state index is 12.8. The van der Waals surface area contributed by atoms with Gasteiger partial charge >= 0.3 is 0 Å². The highest BCUT2D eigenvalue weighted by Crippen LogP contribution is 2.39. The first kappa shape index (κ1) is 26.8. The number of allylic oxidation sites excluding steroid dienone is 1. The second-order valence-corrected chi connectivity index (χ2v) is 10.6. The van der Waals surface area contributed by atoms with Gasteiger partial charge < -0.3 is 14.8 Å². The average molecular weight is 555 g/mol. The molecule has 0 radical (unpaired) electrons. The minimum atomic E-state index is -0.228. The molecule has 37 heavy (non-hydrogen) atoms. The Morgan fingerprint density at radius 2 is 1.89 bits per heavy atom. The Hall–Kier alpha value is -3.27. The van der Waals surface area contributed by atoms with Gasteiger partial charge in [-0.1, -0.05) is 59.3 Å². The van der Waals surface area contributed by atoms with Crippen LogP contribution in [0.3, 0.4) is 0 Å². The van der Waals surface area contributed by atoms with E-state index in [1.807, 2.05) is 4.57 Å². The predicted molar refractivity (Wildman–Crippen MR) is 152 cm³/mol. The Balaban J connectivity index is 1.57. The number of benzene rings is 2. The van der Waals surface area contributed by atoms with Crippen LogP contribution in [-0.4, -0.2) is 40.6 Å². The summed E-state index contributed by atoms with van der Waals surface area (Å²) in [4.78, 5) is 14.0. The van der Waals surface area contributed by atoms with Crippen molar-refractivity contribution in [2.45, 2.75) is 25.5 Å². The van der Waals surface area contributed by atoms with Crippen molar-refractivity contribution in [3.8, 4) is 34.0 Å². The number of nitrogens with one attached hydrogen (secondary N) is 1. The molecule has 0 spiro atoms. The standard InChI is InChI=1S/C27H27ClN4O3S2/c1-6-11-32-26(19-14-36-17(3)25(19)18-9-7-16(2)8-10-18)30-31-27(32)37-15-24(33)29-21-13-22(34-4)20(28)12-23(21)35-5/h6-10,12-14H,1,11,15H2,2-5H3,(H,29,33). The van der Waals surface area contributed by atoms with Crippen molar-refractivity contribution >= 4 is 46.3 Å². The molecule has 2 aromatic heterocycles. The Morgan fingerprint density at radius 3 is 2.57 bits per heavy atom. The molecule has 1 amide bonds. The SMILES string of the molecule is C=CCn1c(SCC(=O)Nc2cc(OC)c(Cl)cc2OC)nnc1-c1csc(C)c1-c1ccc(C)cc1. The molecule has 7 nitrogen and oxygen atoms in total. The molecule has 0 saturated heterocycles. The van der Waals surface area contributed by atoms with Crippen molar-refractivity contribution < 1.29 is 14.3 Å². The molecule has 0 fully saturated rings. The third-order valence-electron chi connectivity index (χ3n) is 5.66. The summed E-state index contributed by atoms with van der Waals surface area (Å²) in [5, 5.41) is 14.9. The van der Waals surface area contributed by atoms with Crippen LogP contribution in [0.25, 0.3) is 22.5 Å². The topological polar surface area (TPSA) is 78.3 Å². The number of halogens is 1. The van der Waals surface area contributed by atoms with E-state index in [0.717, 1.165) is 22.5 Å². The van der Waals surface area contributed by atoms with Crippen molar-refractivity contribution in [1.82, 2.24) is 14.8 Å². The Morgan fingerprint density at radius 1 is 1.16 bits per heavy atom. The number of carbonyl (C=O) groups excluding carboxylic acids is 1. The third kappa shape index (κ3) is 5.84. The van der Waals surface area contributed by atoms with Crippen molar-refractivity contribution in [3.05, 3.63) is 69.9 Å². The highest BCUT2D eigenvalue weighted by molar-refractivity contribution is 7.99. The highest BCUT2D eigenvalue weighted by atomic mass is 35.5. The first-order chi connectivity index (χ1) is 17.9. The summed E-state index contributed by atoms with van der Waals surface area (Å²) in [6, 6.07) is 11.7. The van der Waals surface area contributed by atoms with Crippen LogP contribution >= 0.6 is 34.7 Å². The smallest absolute Gasteiger partial charge is 0.234 e. The lowest BCUT2D eigenvalue weighted by Gasteiger charge is -2.13. The van der Waals surface area contributed by atoms with Gasteiger partial charge in [-0.2, -0.15) is 0 Å². The number of thiophene rings is 1. The molecule has 1 N–H and O–H groups in total. The number of aryl methyl sites for hydroxylation is 2. The summed E-state index contributed by atoms with van der Waals surface area (Å²) in [5.74, 6) is 1.52. The van der Waals surface area contributed by atoms with Gasteiger partial charge in [-0.3, -0.25) is 9.36 Å². The molecular formula is C27H27ClN4O3S2. The monoisotopic (exact) mass is 554 g/mol. The highest BCUT2D eigenvalue weighted by Gasteiger charge is 2.21. The molecule has 4 aromatic rings. The average Bonchev–Trinajstić information content (AvgIpc) is 3.47. The van der Waals surface area contributed by atoms with Crippen LogP contribution in [-0.2, 0) is 11.3 Å². The van der Waals surface area contributed by atoms with E-state index < -0.39 is 0 Å². The van der Waals surface area contributed by atoms with Crippen molar-refractivity contribution in [2.75, 3.05) is 25.3 Å². The van der Waals surface area contributed by atoms with Gasteiger partial charge in [0.1, 0.15) is 11.5 Å². The van der Waals surface area contributed by atoms with Gasteiger partial charge in [0.25, 0.3) is 0 Å². The summed E-state index contributed by atoms with van der Waals surface area (Å²) in [7, 11) is 3.03. The Labute approximate surface area is 229 Å². The summed E-state index contributed by atoms with van der Waals surface area (Å²) in [6.45, 7) is 8.60. The summed E-state index contributed by atoms with van der Waals surface area (Å²) >= 11 is 9.15. The van der Waals surface area contributed by atoms with E-state index in [9.17, 15) is 4.79 Å². The number of aromatic nitrogens is 3. The third-order valence-corrected chi connectivity index (χ3v) is 7.84. The zero-order valence-electron chi connectivity index (χ0n) is 21.0. The second-order valence-electron chi connectivity index (χ2n) is 8.18. The first-order valence-electron chi connectivity index (χ1n) is 11.4. The zero-order chi connectivity index (χ0) is 26.5. The normalized spacial score (nSPS) is 10.8. The number of thioether (sulfide) groups is 1. The molecule has 2 aromatic carbocycles. The second kappa shape index (κ2) is 11.9. The molecule has 192 valence electrons. The number of anilines is 1. The van der Waals surface area contributed by atoms with Gasteiger partial charge in [-0.15, -0.1) is 28.1 Å². The van der Waals surface area contributed by atoms with Crippen LogP contribution in [0.4, 0.5) is 5.69 Å². The molecule has 2 heterocycles. The van der Waals surface area contributed by atoms with Crippen molar-refractivity contribution in [1.29, 1.82) is 0 Å². The van der Waals surface area contributed by atoms with E-state index in [4.69, 9.17) is 21.1 Å². The number of rotatable bonds is 10. The molecule has 0 unspecified atom stereocenters. The van der Waals surface area contributed by atoms with Crippen molar-refractivity contribution in [3.63, 3.8) is 0 Å². The zero-order valence-corrected chi connectivity index (χ0v) is 23.4. The van der Waals surface area contributed by atoms with Crippen LogP contribution in [0.2, 0.25) is 5.02 Å². The largest absolute Gasteiger partial charge is 0.495 e. The lowest BCUT2D eigenvalue weighted by atomic mass is 10.0. The fraction of sp³-hybridized carbons (Fsp3) is 0.222.